The highest BCUT2D eigenvalue weighted by Gasteiger charge is 2.55. The Bertz CT molecular complexity index is 2340. The van der Waals surface area contributed by atoms with Crippen molar-refractivity contribution >= 4 is 34.7 Å². The zero-order valence-corrected chi connectivity index (χ0v) is 74.2. The first-order valence-electron chi connectivity index (χ1n) is 40.3. The monoisotopic (exact) mass is 1610 g/mol. The predicted octanol–water partition coefficient (Wildman–Crippen LogP) is 7.99. The molecule has 1 aromatic rings. The van der Waals surface area contributed by atoms with Gasteiger partial charge in [-0.1, -0.05) is 208 Å². The minimum atomic E-state index is -2.09. The van der Waals surface area contributed by atoms with E-state index in [1.165, 1.54) is 214 Å². The number of quaternary nitrogens is 1. The van der Waals surface area contributed by atoms with Gasteiger partial charge in [0.05, 0.1) is 58.2 Å². The number of aldehydes is 1. The Morgan fingerprint density at radius 1 is 0.505 bits per heavy atom. The Morgan fingerprint density at radius 2 is 0.924 bits per heavy atom. The second-order valence-corrected chi connectivity index (χ2v) is 42.1. The van der Waals surface area contributed by atoms with Gasteiger partial charge in [0.25, 0.3) is 0 Å². The summed E-state index contributed by atoms with van der Waals surface area (Å²) in [5, 5.41) is 33.5. The summed E-state index contributed by atoms with van der Waals surface area (Å²) >= 11 is 0. The van der Waals surface area contributed by atoms with E-state index in [1.807, 2.05) is 18.4 Å². The maximum atomic E-state index is 12.9. The van der Waals surface area contributed by atoms with Crippen LogP contribution in [0.4, 0.5) is 0 Å². The molecule has 5 heterocycles. The zero-order chi connectivity index (χ0) is 77.3. The van der Waals surface area contributed by atoms with Crippen LogP contribution in [-0.2, 0) is 72.7 Å². The summed E-state index contributed by atoms with van der Waals surface area (Å²) in [6, 6.07) is 4.93. The van der Waals surface area contributed by atoms with Gasteiger partial charge in [-0.15, -0.1) is 0 Å². The molecule has 105 heavy (non-hydrogen) atoms. The van der Waals surface area contributed by atoms with Crippen molar-refractivity contribution in [3.8, 4) is 0 Å². The van der Waals surface area contributed by atoms with Crippen LogP contribution in [0.25, 0.3) is 0 Å². The number of nitrogens with zero attached hydrogens (tertiary/aromatic N) is 3. The minimum Gasteiger partial charge on any atom is -1.00 e. The summed E-state index contributed by atoms with van der Waals surface area (Å²) in [7, 11) is 8.88. The van der Waals surface area contributed by atoms with E-state index >= 15 is 0 Å². The second kappa shape index (κ2) is 56.6. The highest BCUT2D eigenvalue weighted by atomic mass is 79.9. The molecular weight excluding hydrogens is 1460 g/mol. The number of pyridine rings is 1. The van der Waals surface area contributed by atoms with Crippen LogP contribution in [0.15, 0.2) is 30.6 Å². The van der Waals surface area contributed by atoms with Gasteiger partial charge >= 0.3 is 0 Å². The Hall–Kier alpha value is -1.64. The van der Waals surface area contributed by atoms with E-state index in [9.17, 15) is 29.7 Å². The maximum absolute atomic E-state index is 12.9. The number of carbonyl (C=O) groups excluding carboxylic acids is 3. The lowest BCUT2D eigenvalue weighted by Gasteiger charge is -2.54. The number of aliphatic hydroxyl groups is 3. The topological polar surface area (TPSA) is 233 Å². The molecule has 4 N–H and O–H groups in total. The molecule has 20 unspecified atom stereocenters. The van der Waals surface area contributed by atoms with E-state index in [1.54, 1.807) is 28.1 Å². The molecule has 4 aliphatic rings. The molecule has 620 valence electrons. The van der Waals surface area contributed by atoms with E-state index in [-0.39, 0.29) is 83.7 Å². The number of hydrogen-bond donors (Lipinski definition) is 4. The number of carbonyl (C=O) groups is 3. The lowest BCUT2D eigenvalue weighted by atomic mass is 9.88. The lowest BCUT2D eigenvalue weighted by molar-refractivity contribution is -0.870. The highest BCUT2D eigenvalue weighted by Crippen LogP contribution is 2.40. The number of amides is 2. The van der Waals surface area contributed by atoms with E-state index in [0.717, 1.165) is 4.48 Å². The number of hydrogen-bond acceptors (Lipinski definition) is 17. The molecule has 0 aliphatic carbocycles. The Balaban J connectivity index is 0.00000139. The number of methoxy groups -OCH3 is 4. The van der Waals surface area contributed by atoms with Crippen LogP contribution in [0.1, 0.15) is 242 Å². The van der Waals surface area contributed by atoms with Crippen LogP contribution < -0.4 is 39.3 Å². The number of rotatable bonds is 44. The third kappa shape index (κ3) is 40.1. The van der Waals surface area contributed by atoms with Gasteiger partial charge in [0.2, 0.25) is 11.8 Å². The summed E-state index contributed by atoms with van der Waals surface area (Å²) in [4.78, 5) is 35.7. The summed E-state index contributed by atoms with van der Waals surface area (Å²) in [5.74, 6) is -0.355. The van der Waals surface area contributed by atoms with Crippen molar-refractivity contribution in [2.75, 3.05) is 56.1 Å². The fourth-order valence-corrected chi connectivity index (χ4v) is 17.9. The number of aromatic nitrogens is 1. The molecule has 0 aromatic carbocycles. The third-order valence-electron chi connectivity index (χ3n) is 20.4. The van der Waals surface area contributed by atoms with Crippen LogP contribution in [0.5, 0.6) is 0 Å². The van der Waals surface area contributed by atoms with E-state index in [0.29, 0.717) is 6.29 Å². The first-order chi connectivity index (χ1) is 48.8. The van der Waals surface area contributed by atoms with Gasteiger partial charge in [0.1, 0.15) is 61.4 Å². The molecule has 0 bridgehead atoms. The largest absolute Gasteiger partial charge is 1.00 e. The van der Waals surface area contributed by atoms with Gasteiger partial charge < -0.3 is 116 Å². The Morgan fingerprint density at radius 3 is 1.32 bits per heavy atom. The first kappa shape index (κ1) is 103. The highest BCUT2D eigenvalue weighted by molar-refractivity contribution is 6.75. The van der Waals surface area contributed by atoms with Crippen LogP contribution in [0.3, 0.4) is 0 Å². The van der Waals surface area contributed by atoms with Gasteiger partial charge in [-0.2, -0.15) is 0 Å². The molecule has 2 amide bonds. The SMILES string of the molecule is CCCCCCCCCCCCCCCC[N+](C)(C)C.CCCCCCCCCCCCCCCC[n+]1ccccc1.COC1OC(C)C(C)C(OC2OC(C)C(OC)C(C)C2O[Si](C)(C)C)C1N(C(C)=O)[Si](C)(C)C.COC1OC(C=O)C(O)C(OC2OC(C)C(OC)C(O)C2O)C1NC(C)=O.[Br-].[Cl-]. The molecule has 4 fully saturated rings. The number of ether oxygens (including phenoxy) is 10. The predicted molar refractivity (Wildman–Crippen MR) is 415 cm³/mol. The van der Waals surface area contributed by atoms with Gasteiger partial charge in [0.15, 0.2) is 60.4 Å². The van der Waals surface area contributed by atoms with Crippen molar-refractivity contribution in [2.45, 2.75) is 398 Å². The number of aliphatic hydroxyl groups excluding tert-OH is 3. The van der Waals surface area contributed by atoms with Crippen molar-refractivity contribution in [2.24, 2.45) is 11.8 Å². The fraction of sp³-hybridized carbons (Fsp3) is 0.900. The third-order valence-corrected chi connectivity index (χ3v) is 23.4. The van der Waals surface area contributed by atoms with Crippen LogP contribution in [-0.4, -0.2) is 226 Å². The Labute approximate surface area is 657 Å². The Kier molecular flexibility index (Phi) is 55.7. The smallest absolute Gasteiger partial charge is 0.217 e. The molecule has 20 atom stereocenters. The average molecular weight is 1620 g/mol. The molecule has 1 aromatic heterocycles. The minimum absolute atomic E-state index is 0. The molecule has 4 aliphatic heterocycles. The quantitative estimate of drug-likeness (QED) is 0.0159. The number of nitrogens with one attached hydrogen (secondary N) is 1. The number of aryl methyl sites for hydroxylation is 1. The van der Waals surface area contributed by atoms with Gasteiger partial charge in [-0.05, 0) is 59.7 Å². The van der Waals surface area contributed by atoms with E-state index in [2.05, 4.69) is 129 Å². The van der Waals surface area contributed by atoms with Crippen molar-refractivity contribution in [1.29, 1.82) is 0 Å². The van der Waals surface area contributed by atoms with Crippen molar-refractivity contribution < 1.29 is 120 Å². The molecular formula is C80H156BrClN4O17Si2. The van der Waals surface area contributed by atoms with Crippen molar-refractivity contribution in [3.63, 3.8) is 0 Å². The molecule has 4 saturated heterocycles. The van der Waals surface area contributed by atoms with Crippen molar-refractivity contribution in [1.82, 2.24) is 9.88 Å². The summed E-state index contributed by atoms with van der Waals surface area (Å²) in [6.45, 7) is 32.9. The average Bonchev–Trinajstić information content (AvgIpc) is 0.760. The fourth-order valence-electron chi connectivity index (χ4n) is 14.6. The summed E-state index contributed by atoms with van der Waals surface area (Å²) < 4.78 is 69.9. The maximum Gasteiger partial charge on any atom is 0.217 e. The molecule has 0 saturated carbocycles. The lowest BCUT2D eigenvalue weighted by Crippen LogP contribution is -3.00. The molecule has 5 rings (SSSR count). The number of halogens is 2. The van der Waals surface area contributed by atoms with E-state index in [4.69, 9.17) is 51.8 Å². The molecule has 0 radical (unpaired) electrons. The normalized spacial score (nSPS) is 29.1. The van der Waals surface area contributed by atoms with Gasteiger partial charge in [-0.3, -0.25) is 9.59 Å². The first-order valence-corrected chi connectivity index (χ1v) is 47.2. The van der Waals surface area contributed by atoms with Crippen LogP contribution in [0.2, 0.25) is 39.3 Å². The molecule has 25 heteroatoms. The second-order valence-electron chi connectivity index (χ2n) is 32.8. The molecule has 0 spiro atoms. The summed E-state index contributed by atoms with van der Waals surface area (Å²) in [6.07, 6.45) is 32.4. The number of unbranched alkanes of at least 4 members (excludes halogenated alkanes) is 26. The van der Waals surface area contributed by atoms with E-state index < -0.39 is 96.4 Å². The van der Waals surface area contributed by atoms with Gasteiger partial charge in [-0.25, -0.2) is 4.57 Å². The van der Waals surface area contributed by atoms with Crippen molar-refractivity contribution in [3.05, 3.63) is 30.6 Å². The van der Waals surface area contributed by atoms with Gasteiger partial charge in [0, 0.05) is 72.7 Å². The summed E-state index contributed by atoms with van der Waals surface area (Å²) in [5.41, 5.74) is 0. The zero-order valence-electron chi connectivity index (χ0n) is 69.9. The molecule has 21 nitrogen and oxygen atoms in total. The standard InChI is InChI=1S/C24H49NO7Si2.C21H38N.C19H42N.C16H27NO10.BrH.ClH/c1-14-16(3)29-23(28-7)19(25(18(5)26)33(8,9)10)21(14)31-24-22(32-34(11,12)13)15(2)20(27-6)17(4)30-24;1-2-3-4-5-6-7-8-9-10-11-12-13-14-16-19-22-20-17-15-18-21-22;1-5-6-7-8-9-10-11-12-13-14-15-16-17-18-19-20(2,3)4;1-6-13(23-3)11(21)12(22)16(25-6)27-14-9(17-7(2)19)15(24-4)26-8(5-18)10(14)20;;/h14-17,19-24H,1-13H3;15,17-18,20-21H,2-14,16,19H2,1H3;5-19H2,1-4H3;5-6,8-16,20-22H,1-4H3,(H,17,19);2*1H/q;2*+1;;;/p-2. The van der Waals surface area contributed by atoms with Crippen LogP contribution >= 0.6 is 0 Å². The van der Waals surface area contributed by atoms with Crippen LogP contribution in [0, 0.1) is 11.8 Å².